The Labute approximate surface area is 137 Å². The Bertz CT molecular complexity index is 767. The first-order valence-electron chi connectivity index (χ1n) is 6.84. The van der Waals surface area contributed by atoms with Crippen molar-refractivity contribution in [1.29, 1.82) is 0 Å². The number of nitrogens with zero attached hydrogens (tertiary/aromatic N) is 1. The van der Waals surface area contributed by atoms with Gasteiger partial charge in [-0.1, -0.05) is 23.7 Å². The fourth-order valence-electron chi connectivity index (χ4n) is 2.17. The van der Waals surface area contributed by atoms with Crippen molar-refractivity contribution >= 4 is 28.8 Å². The first-order chi connectivity index (χ1) is 10.7. The Kier molecular flexibility index (Phi) is 4.56. The third-order valence-electron chi connectivity index (χ3n) is 3.22. The molecule has 0 saturated heterocycles. The molecule has 0 fully saturated rings. The molecule has 1 aromatic carbocycles. The van der Waals surface area contributed by atoms with Gasteiger partial charge in [-0.2, -0.15) is 0 Å². The summed E-state index contributed by atoms with van der Waals surface area (Å²) in [5, 5.41) is 5.47. The second kappa shape index (κ2) is 6.77. The molecule has 6 heteroatoms. The summed E-state index contributed by atoms with van der Waals surface area (Å²) in [5.41, 5.74) is 2.54. The molecule has 2 N–H and O–H groups in total. The van der Waals surface area contributed by atoms with Crippen LogP contribution in [0.1, 0.15) is 16.1 Å². The van der Waals surface area contributed by atoms with Crippen LogP contribution in [0.5, 0.6) is 0 Å². The van der Waals surface area contributed by atoms with Gasteiger partial charge in [-0.15, -0.1) is 11.3 Å². The number of thiophene rings is 1. The topological polar surface area (TPSA) is 57.8 Å². The highest BCUT2D eigenvalue weighted by Crippen LogP contribution is 2.25. The second-order valence-electron chi connectivity index (χ2n) is 4.72. The van der Waals surface area contributed by atoms with E-state index >= 15 is 0 Å². The van der Waals surface area contributed by atoms with Crippen LogP contribution in [-0.2, 0) is 6.42 Å². The number of hydrogen-bond acceptors (Lipinski definition) is 3. The summed E-state index contributed by atoms with van der Waals surface area (Å²) in [4.78, 5) is 20.7. The SMILES string of the molecule is O=C(NCCc1[nH]cnc1-c1cccs1)c1cccc(Cl)c1. The van der Waals surface area contributed by atoms with E-state index in [1.54, 1.807) is 41.9 Å². The Morgan fingerprint density at radius 1 is 1.32 bits per heavy atom. The normalized spacial score (nSPS) is 10.6. The minimum Gasteiger partial charge on any atom is -0.352 e. The highest BCUT2D eigenvalue weighted by molar-refractivity contribution is 7.13. The van der Waals surface area contributed by atoms with Gasteiger partial charge in [0, 0.05) is 29.2 Å². The summed E-state index contributed by atoms with van der Waals surface area (Å²) in [7, 11) is 0. The third-order valence-corrected chi connectivity index (χ3v) is 4.33. The van der Waals surface area contributed by atoms with Crippen molar-refractivity contribution in [2.45, 2.75) is 6.42 Å². The number of rotatable bonds is 5. The summed E-state index contributed by atoms with van der Waals surface area (Å²) in [5.74, 6) is -0.125. The van der Waals surface area contributed by atoms with Crippen molar-refractivity contribution in [1.82, 2.24) is 15.3 Å². The van der Waals surface area contributed by atoms with E-state index in [1.807, 2.05) is 17.5 Å². The number of amides is 1. The van der Waals surface area contributed by atoms with Gasteiger partial charge in [0.05, 0.1) is 11.2 Å². The lowest BCUT2D eigenvalue weighted by atomic mass is 10.2. The number of imidazole rings is 1. The molecule has 3 rings (SSSR count). The quantitative estimate of drug-likeness (QED) is 0.747. The molecule has 2 heterocycles. The van der Waals surface area contributed by atoms with E-state index in [4.69, 9.17) is 11.6 Å². The Morgan fingerprint density at radius 3 is 3.00 bits per heavy atom. The largest absolute Gasteiger partial charge is 0.352 e. The lowest BCUT2D eigenvalue weighted by Gasteiger charge is -2.05. The van der Waals surface area contributed by atoms with Gasteiger partial charge in [0.1, 0.15) is 5.69 Å². The van der Waals surface area contributed by atoms with Crippen molar-refractivity contribution in [3.8, 4) is 10.6 Å². The number of carbonyl (C=O) groups is 1. The van der Waals surface area contributed by atoms with E-state index in [0.29, 0.717) is 23.6 Å². The van der Waals surface area contributed by atoms with Gasteiger partial charge >= 0.3 is 0 Å². The Morgan fingerprint density at radius 2 is 2.23 bits per heavy atom. The zero-order chi connectivity index (χ0) is 15.4. The lowest BCUT2D eigenvalue weighted by molar-refractivity contribution is 0.0954. The molecule has 0 spiro atoms. The van der Waals surface area contributed by atoms with Crippen molar-refractivity contribution in [3.05, 3.63) is 64.4 Å². The van der Waals surface area contributed by atoms with Crippen LogP contribution in [0.2, 0.25) is 5.02 Å². The van der Waals surface area contributed by atoms with Crippen LogP contribution in [0.4, 0.5) is 0 Å². The van der Waals surface area contributed by atoms with Crippen LogP contribution in [0.3, 0.4) is 0 Å². The lowest BCUT2D eigenvalue weighted by Crippen LogP contribution is -2.25. The van der Waals surface area contributed by atoms with Crippen LogP contribution in [0, 0.1) is 0 Å². The number of aromatic nitrogens is 2. The number of hydrogen-bond donors (Lipinski definition) is 2. The van der Waals surface area contributed by atoms with E-state index in [-0.39, 0.29) is 5.91 Å². The van der Waals surface area contributed by atoms with Crippen molar-refractivity contribution in [3.63, 3.8) is 0 Å². The zero-order valence-electron chi connectivity index (χ0n) is 11.7. The molecule has 4 nitrogen and oxygen atoms in total. The standard InChI is InChI=1S/C16H14ClN3OS/c17-12-4-1-3-11(9-12)16(21)18-7-6-13-15(20-10-19-13)14-5-2-8-22-14/h1-5,8-10H,6-7H2,(H,18,21)(H,19,20). The monoisotopic (exact) mass is 331 g/mol. The summed E-state index contributed by atoms with van der Waals surface area (Å²) < 4.78 is 0. The predicted octanol–water partition coefficient (Wildman–Crippen LogP) is 3.76. The molecule has 112 valence electrons. The van der Waals surface area contributed by atoms with Gasteiger partial charge in [-0.05, 0) is 29.6 Å². The maximum Gasteiger partial charge on any atom is 0.251 e. The van der Waals surface area contributed by atoms with E-state index < -0.39 is 0 Å². The van der Waals surface area contributed by atoms with Gasteiger partial charge in [-0.3, -0.25) is 4.79 Å². The van der Waals surface area contributed by atoms with Gasteiger partial charge < -0.3 is 10.3 Å². The van der Waals surface area contributed by atoms with Crippen LogP contribution < -0.4 is 5.32 Å². The molecule has 0 aliphatic rings. The average molecular weight is 332 g/mol. The van der Waals surface area contributed by atoms with Crippen molar-refractivity contribution < 1.29 is 4.79 Å². The molecule has 2 aromatic heterocycles. The fraction of sp³-hybridized carbons (Fsp3) is 0.125. The highest BCUT2D eigenvalue weighted by Gasteiger charge is 2.10. The molecule has 0 unspecified atom stereocenters. The van der Waals surface area contributed by atoms with Gasteiger partial charge in [-0.25, -0.2) is 4.98 Å². The molecular formula is C16H14ClN3OS. The predicted molar refractivity (Wildman–Crippen MR) is 89.4 cm³/mol. The first kappa shape index (κ1) is 14.8. The number of carbonyl (C=O) groups excluding carboxylic acids is 1. The Balaban J connectivity index is 1.60. The average Bonchev–Trinajstić information content (AvgIpc) is 3.17. The number of halogens is 1. The van der Waals surface area contributed by atoms with E-state index in [9.17, 15) is 4.79 Å². The molecular weight excluding hydrogens is 318 g/mol. The molecule has 1 amide bonds. The van der Waals surface area contributed by atoms with E-state index in [1.165, 1.54) is 0 Å². The Hall–Kier alpha value is -2.11. The van der Waals surface area contributed by atoms with Crippen LogP contribution in [0.25, 0.3) is 10.6 Å². The molecule has 0 bridgehead atoms. The smallest absolute Gasteiger partial charge is 0.251 e. The number of nitrogens with one attached hydrogen (secondary N) is 2. The molecule has 0 atom stereocenters. The maximum absolute atomic E-state index is 12.0. The fourth-order valence-corrected chi connectivity index (χ4v) is 3.11. The number of aromatic amines is 1. The molecule has 0 saturated carbocycles. The van der Waals surface area contributed by atoms with Gasteiger partial charge in [0.25, 0.3) is 5.91 Å². The second-order valence-corrected chi connectivity index (χ2v) is 6.11. The minimum absolute atomic E-state index is 0.125. The van der Waals surface area contributed by atoms with Crippen molar-refractivity contribution in [2.75, 3.05) is 6.54 Å². The third kappa shape index (κ3) is 3.37. The number of benzene rings is 1. The van der Waals surface area contributed by atoms with E-state index in [0.717, 1.165) is 16.3 Å². The number of H-pyrrole nitrogens is 1. The summed E-state index contributed by atoms with van der Waals surface area (Å²) in [6.45, 7) is 0.534. The molecule has 22 heavy (non-hydrogen) atoms. The summed E-state index contributed by atoms with van der Waals surface area (Å²) in [6.07, 6.45) is 2.38. The van der Waals surface area contributed by atoms with Crippen LogP contribution in [-0.4, -0.2) is 22.4 Å². The highest BCUT2D eigenvalue weighted by atomic mass is 35.5. The van der Waals surface area contributed by atoms with Crippen LogP contribution >= 0.6 is 22.9 Å². The van der Waals surface area contributed by atoms with E-state index in [2.05, 4.69) is 15.3 Å². The van der Waals surface area contributed by atoms with Gasteiger partial charge in [0.15, 0.2) is 0 Å². The maximum atomic E-state index is 12.0. The van der Waals surface area contributed by atoms with Gasteiger partial charge in [0.2, 0.25) is 0 Å². The molecule has 0 radical (unpaired) electrons. The van der Waals surface area contributed by atoms with Crippen LogP contribution in [0.15, 0.2) is 48.1 Å². The summed E-state index contributed by atoms with van der Waals surface area (Å²) >= 11 is 7.54. The molecule has 0 aliphatic carbocycles. The minimum atomic E-state index is -0.125. The zero-order valence-corrected chi connectivity index (χ0v) is 13.2. The van der Waals surface area contributed by atoms with Crippen molar-refractivity contribution in [2.24, 2.45) is 0 Å². The molecule has 3 aromatic rings. The first-order valence-corrected chi connectivity index (χ1v) is 8.09. The molecule has 0 aliphatic heterocycles. The summed E-state index contributed by atoms with van der Waals surface area (Å²) in [6, 6.07) is 10.9.